The Kier molecular flexibility index (Phi) is 6.25. The van der Waals surface area contributed by atoms with Gasteiger partial charge in [-0.3, -0.25) is 0 Å². The summed E-state index contributed by atoms with van der Waals surface area (Å²) in [7, 11) is 0. The van der Waals surface area contributed by atoms with E-state index in [1.807, 2.05) is 0 Å². The second-order valence-electron chi connectivity index (χ2n) is 12.0. The fraction of sp³-hybridized carbons (Fsp3) is 1.00. The van der Waals surface area contributed by atoms with Gasteiger partial charge in [0.1, 0.15) is 0 Å². The summed E-state index contributed by atoms with van der Waals surface area (Å²) in [6.07, 6.45) is 9.21. The first kappa shape index (κ1) is 22.1. The van der Waals surface area contributed by atoms with Crippen molar-refractivity contribution in [3.05, 3.63) is 10.4 Å². The van der Waals surface area contributed by atoms with Crippen LogP contribution in [0.15, 0.2) is 0 Å². The Balaban J connectivity index is 1.80. The molecule has 0 unspecified atom stereocenters. The van der Waals surface area contributed by atoms with Crippen LogP contribution in [0.4, 0.5) is 0 Å². The summed E-state index contributed by atoms with van der Waals surface area (Å²) in [5, 5.41) is 26.0. The van der Waals surface area contributed by atoms with Gasteiger partial charge in [-0.05, 0) is 80.1 Å². The molecule has 2 saturated heterocycles. The molecule has 0 saturated carbocycles. The summed E-state index contributed by atoms with van der Waals surface area (Å²) in [5.74, 6) is 1.36. The number of quaternary nitrogens is 2. The van der Waals surface area contributed by atoms with Crippen molar-refractivity contribution in [2.24, 2.45) is 11.8 Å². The second kappa shape index (κ2) is 7.35. The normalized spacial score (nSPS) is 38.1. The van der Waals surface area contributed by atoms with Crippen molar-refractivity contribution < 1.29 is 10.1 Å². The van der Waals surface area contributed by atoms with Gasteiger partial charge < -0.3 is 20.5 Å². The van der Waals surface area contributed by atoms with Crippen LogP contribution in [0.1, 0.15) is 107 Å². The van der Waals surface area contributed by atoms with Crippen molar-refractivity contribution in [1.29, 1.82) is 0 Å². The molecule has 0 aromatic rings. The number of hydrogen-bond donors (Lipinski definition) is 2. The number of rotatable bonds is 5. The molecule has 2 fully saturated rings. The van der Waals surface area contributed by atoms with Crippen LogP contribution in [-0.4, -0.2) is 22.2 Å². The van der Waals surface area contributed by atoms with Gasteiger partial charge in [0.05, 0.1) is 22.2 Å². The maximum absolute atomic E-state index is 12.6. The summed E-state index contributed by atoms with van der Waals surface area (Å²) >= 11 is 0. The molecule has 2 N–H and O–H groups in total. The topological polar surface area (TPSA) is 55.0 Å². The highest BCUT2D eigenvalue weighted by Gasteiger charge is 2.46. The molecule has 0 bridgehead atoms. The number of unbranched alkanes of at least 4 members (excludes halogenated alkanes) is 1. The van der Waals surface area contributed by atoms with Gasteiger partial charge in [0.2, 0.25) is 0 Å². The van der Waals surface area contributed by atoms with Crippen molar-refractivity contribution in [3.63, 3.8) is 0 Å². The van der Waals surface area contributed by atoms with Crippen molar-refractivity contribution in [2.45, 2.75) is 129 Å². The van der Waals surface area contributed by atoms with Crippen LogP contribution >= 0.6 is 0 Å². The molecule has 2 rings (SSSR count). The molecule has 2 heterocycles. The molecule has 0 aliphatic carbocycles. The van der Waals surface area contributed by atoms with Crippen molar-refractivity contribution in [3.8, 4) is 0 Å². The smallest absolute Gasteiger partial charge is 0.0923 e. The van der Waals surface area contributed by atoms with Gasteiger partial charge in [-0.15, -0.1) is 0 Å². The van der Waals surface area contributed by atoms with Gasteiger partial charge in [0.15, 0.2) is 0 Å². The largest absolute Gasteiger partial charge is 0.634 e. The predicted octanol–water partition coefficient (Wildman–Crippen LogP) is 3.25. The average Bonchev–Trinajstić information content (AvgIpc) is 2.45. The van der Waals surface area contributed by atoms with Gasteiger partial charge >= 0.3 is 0 Å². The standard InChI is InChI=1S/C22H44N2O2/c1-19(2)13-17(14-20(3,4)23(19)25)11-9-10-12-18-15-21(5,6)24(26)22(7,8)16-18/h17-18,23-24H,9-16H2,1-8H3. The van der Waals surface area contributed by atoms with Gasteiger partial charge in [0, 0.05) is 25.7 Å². The molecule has 0 aromatic carbocycles. The maximum Gasteiger partial charge on any atom is 0.0923 e. The fourth-order valence-electron chi connectivity index (χ4n) is 6.51. The van der Waals surface area contributed by atoms with E-state index in [4.69, 9.17) is 0 Å². The number of hydrogen-bond acceptors (Lipinski definition) is 2. The second-order valence-corrected chi connectivity index (χ2v) is 12.0. The molecule has 4 heteroatoms. The van der Waals surface area contributed by atoms with Crippen LogP contribution in [0.25, 0.3) is 0 Å². The molecule has 0 radical (unpaired) electrons. The van der Waals surface area contributed by atoms with Gasteiger partial charge in [-0.1, -0.05) is 12.8 Å². The van der Waals surface area contributed by atoms with E-state index < -0.39 is 0 Å². The Labute approximate surface area is 161 Å². The Morgan fingerprint density at radius 3 is 1.04 bits per heavy atom. The zero-order chi connectivity index (χ0) is 20.0. The lowest BCUT2D eigenvalue weighted by molar-refractivity contribution is -0.957. The molecule has 154 valence electrons. The third-order valence-electron chi connectivity index (χ3n) is 7.13. The zero-order valence-electron chi connectivity index (χ0n) is 18.6. The van der Waals surface area contributed by atoms with Gasteiger partial charge in [0.25, 0.3) is 0 Å². The van der Waals surface area contributed by atoms with E-state index in [0.29, 0.717) is 22.0 Å². The fourth-order valence-corrected chi connectivity index (χ4v) is 6.51. The van der Waals surface area contributed by atoms with Crippen molar-refractivity contribution in [1.82, 2.24) is 0 Å². The van der Waals surface area contributed by atoms with E-state index in [0.717, 1.165) is 25.7 Å². The molecule has 0 amide bonds. The average molecular weight is 369 g/mol. The van der Waals surface area contributed by atoms with Crippen LogP contribution in [0, 0.1) is 22.3 Å². The lowest BCUT2D eigenvalue weighted by Gasteiger charge is -2.55. The van der Waals surface area contributed by atoms with Crippen LogP contribution in [-0.2, 0) is 0 Å². The lowest BCUT2D eigenvalue weighted by Crippen LogP contribution is -3.23. The Hall–Kier alpha value is -0.160. The maximum atomic E-state index is 12.6. The molecular formula is C22H44N2O2. The van der Waals surface area contributed by atoms with Crippen molar-refractivity contribution in [2.75, 3.05) is 0 Å². The Morgan fingerprint density at radius 1 is 0.577 bits per heavy atom. The SMILES string of the molecule is CC1(C)CC(CCCCC2CC(C)(C)[NH+]([O-])C(C)(C)C2)CC(C)(C)[NH+]1[O-]. The first-order valence-electron chi connectivity index (χ1n) is 10.8. The van der Waals surface area contributed by atoms with Crippen LogP contribution in [0.2, 0.25) is 0 Å². The number of piperidine rings is 2. The number of hydroxylamine groups is 4. The first-order chi connectivity index (χ1) is 11.7. The quantitative estimate of drug-likeness (QED) is 0.578. The monoisotopic (exact) mass is 368 g/mol. The summed E-state index contributed by atoms with van der Waals surface area (Å²) in [5.41, 5.74) is -0.650. The molecule has 26 heavy (non-hydrogen) atoms. The Bertz CT molecular complexity index is 405. The van der Waals surface area contributed by atoms with Crippen LogP contribution in [0.5, 0.6) is 0 Å². The van der Waals surface area contributed by atoms with E-state index in [-0.39, 0.29) is 22.2 Å². The Morgan fingerprint density at radius 2 is 0.808 bits per heavy atom. The minimum absolute atomic E-state index is 0.163. The first-order valence-corrected chi connectivity index (χ1v) is 10.8. The highest BCUT2D eigenvalue weighted by atomic mass is 16.5. The highest BCUT2D eigenvalue weighted by Crippen LogP contribution is 2.34. The third-order valence-corrected chi connectivity index (χ3v) is 7.13. The number of nitrogens with one attached hydrogen (secondary N) is 2. The molecule has 2 aliphatic heterocycles. The highest BCUT2D eigenvalue weighted by molar-refractivity contribution is 4.88. The van der Waals surface area contributed by atoms with E-state index >= 15 is 0 Å². The predicted molar refractivity (Wildman–Crippen MR) is 109 cm³/mol. The van der Waals surface area contributed by atoms with Crippen LogP contribution < -0.4 is 10.1 Å². The summed E-state index contributed by atoms with van der Waals surface area (Å²) < 4.78 is 0. The van der Waals surface area contributed by atoms with Crippen LogP contribution in [0.3, 0.4) is 0 Å². The molecule has 0 aromatic heterocycles. The van der Waals surface area contributed by atoms with Crippen molar-refractivity contribution >= 4 is 0 Å². The van der Waals surface area contributed by atoms with E-state index in [2.05, 4.69) is 55.4 Å². The van der Waals surface area contributed by atoms with E-state index in [1.54, 1.807) is 0 Å². The molecule has 4 nitrogen and oxygen atoms in total. The summed E-state index contributed by atoms with van der Waals surface area (Å²) in [6.45, 7) is 17.1. The minimum Gasteiger partial charge on any atom is -0.634 e. The van der Waals surface area contributed by atoms with Gasteiger partial charge in [-0.2, -0.15) is 0 Å². The molecular weight excluding hydrogens is 324 g/mol. The van der Waals surface area contributed by atoms with Gasteiger partial charge in [-0.25, -0.2) is 0 Å². The summed E-state index contributed by atoms with van der Waals surface area (Å²) in [4.78, 5) is 0. The van der Waals surface area contributed by atoms with E-state index in [9.17, 15) is 10.4 Å². The van der Waals surface area contributed by atoms with E-state index in [1.165, 1.54) is 25.7 Å². The minimum atomic E-state index is -0.163. The molecule has 0 atom stereocenters. The lowest BCUT2D eigenvalue weighted by atomic mass is 9.72. The summed E-state index contributed by atoms with van der Waals surface area (Å²) in [6, 6.07) is 0. The molecule has 2 aliphatic rings. The molecule has 0 spiro atoms. The zero-order valence-corrected chi connectivity index (χ0v) is 18.6. The third kappa shape index (κ3) is 4.81.